The van der Waals surface area contributed by atoms with Gasteiger partial charge in [0.05, 0.1) is 6.61 Å². The Kier molecular flexibility index (Phi) is 6.72. The number of benzene rings is 1. The minimum atomic E-state index is -0.996. The number of hydrogen-bond donors (Lipinski definition) is 1. The molecular weight excluding hydrogens is 270 g/mol. The molecule has 1 rings (SSSR count). The lowest BCUT2D eigenvalue weighted by Gasteiger charge is -2.14. The highest BCUT2D eigenvalue weighted by Gasteiger charge is 2.11. The van der Waals surface area contributed by atoms with Gasteiger partial charge in [-0.15, -0.1) is 0 Å². The Morgan fingerprint density at radius 1 is 1.24 bits per heavy atom. The molecule has 0 saturated carbocycles. The van der Waals surface area contributed by atoms with E-state index in [0.29, 0.717) is 19.4 Å². The van der Waals surface area contributed by atoms with Crippen LogP contribution in [0.15, 0.2) is 18.2 Å². The first-order chi connectivity index (χ1) is 9.90. The molecule has 0 aliphatic rings. The molecule has 0 fully saturated rings. The first-order valence-corrected chi connectivity index (χ1v) is 7.06. The van der Waals surface area contributed by atoms with Crippen LogP contribution in [0.4, 0.5) is 0 Å². The molecule has 0 spiro atoms. The SMILES string of the molecule is Cc1ccc(C)c(OCCCCC(=O)N(C)CC(=O)O)c1. The summed E-state index contributed by atoms with van der Waals surface area (Å²) in [7, 11) is 1.50. The van der Waals surface area contributed by atoms with E-state index in [9.17, 15) is 9.59 Å². The van der Waals surface area contributed by atoms with Gasteiger partial charge in [-0.25, -0.2) is 0 Å². The van der Waals surface area contributed by atoms with Crippen molar-refractivity contribution in [3.05, 3.63) is 29.3 Å². The Labute approximate surface area is 125 Å². The number of carbonyl (C=O) groups excluding carboxylic acids is 1. The predicted octanol–water partition coefficient (Wildman–Crippen LogP) is 2.40. The molecule has 0 aliphatic carbocycles. The number of unbranched alkanes of at least 4 members (excludes halogenated alkanes) is 1. The summed E-state index contributed by atoms with van der Waals surface area (Å²) in [4.78, 5) is 23.4. The van der Waals surface area contributed by atoms with Crippen molar-refractivity contribution in [3.8, 4) is 5.75 Å². The summed E-state index contributed by atoms with van der Waals surface area (Å²) < 4.78 is 5.71. The molecule has 1 aromatic carbocycles. The van der Waals surface area contributed by atoms with Gasteiger partial charge in [-0.05, 0) is 43.9 Å². The zero-order valence-electron chi connectivity index (χ0n) is 12.9. The fraction of sp³-hybridized carbons (Fsp3) is 0.500. The second kappa shape index (κ2) is 8.29. The van der Waals surface area contributed by atoms with Gasteiger partial charge in [-0.2, -0.15) is 0 Å². The number of hydrogen-bond acceptors (Lipinski definition) is 3. The quantitative estimate of drug-likeness (QED) is 0.747. The minimum absolute atomic E-state index is 0.149. The Balaban J connectivity index is 2.24. The van der Waals surface area contributed by atoms with Crippen molar-refractivity contribution in [2.24, 2.45) is 0 Å². The second-order valence-corrected chi connectivity index (χ2v) is 5.22. The third kappa shape index (κ3) is 6.29. The van der Waals surface area contributed by atoms with Crippen LogP contribution in [0.2, 0.25) is 0 Å². The van der Waals surface area contributed by atoms with E-state index in [0.717, 1.165) is 23.3 Å². The molecule has 0 heterocycles. The van der Waals surface area contributed by atoms with Crippen molar-refractivity contribution in [1.82, 2.24) is 4.90 Å². The maximum Gasteiger partial charge on any atom is 0.323 e. The van der Waals surface area contributed by atoms with Crippen molar-refractivity contribution >= 4 is 11.9 Å². The molecule has 0 aliphatic heterocycles. The van der Waals surface area contributed by atoms with E-state index < -0.39 is 5.97 Å². The van der Waals surface area contributed by atoms with E-state index in [4.69, 9.17) is 9.84 Å². The van der Waals surface area contributed by atoms with Crippen LogP contribution in [0.5, 0.6) is 5.75 Å². The van der Waals surface area contributed by atoms with Gasteiger partial charge >= 0.3 is 5.97 Å². The smallest absolute Gasteiger partial charge is 0.323 e. The van der Waals surface area contributed by atoms with Crippen molar-refractivity contribution in [2.75, 3.05) is 20.2 Å². The van der Waals surface area contributed by atoms with Crippen molar-refractivity contribution in [3.63, 3.8) is 0 Å². The number of ether oxygens (including phenoxy) is 1. The molecule has 1 aromatic rings. The lowest BCUT2D eigenvalue weighted by Crippen LogP contribution is -2.31. The van der Waals surface area contributed by atoms with Gasteiger partial charge in [-0.1, -0.05) is 12.1 Å². The number of amides is 1. The van der Waals surface area contributed by atoms with Crippen LogP contribution in [0.25, 0.3) is 0 Å². The van der Waals surface area contributed by atoms with Crippen LogP contribution in [0, 0.1) is 13.8 Å². The summed E-state index contributed by atoms with van der Waals surface area (Å²) in [5.41, 5.74) is 2.25. The summed E-state index contributed by atoms with van der Waals surface area (Å²) >= 11 is 0. The largest absolute Gasteiger partial charge is 0.493 e. The number of nitrogens with zero attached hydrogens (tertiary/aromatic N) is 1. The highest BCUT2D eigenvalue weighted by molar-refractivity contribution is 5.80. The predicted molar refractivity (Wildman–Crippen MR) is 80.5 cm³/mol. The van der Waals surface area contributed by atoms with Gasteiger partial charge < -0.3 is 14.7 Å². The highest BCUT2D eigenvalue weighted by Crippen LogP contribution is 2.19. The van der Waals surface area contributed by atoms with E-state index in [1.165, 1.54) is 11.9 Å². The van der Waals surface area contributed by atoms with E-state index in [1.54, 1.807) is 0 Å². The number of carboxylic acid groups (broad SMARTS) is 1. The molecule has 0 bridgehead atoms. The van der Waals surface area contributed by atoms with Crippen molar-refractivity contribution in [1.29, 1.82) is 0 Å². The minimum Gasteiger partial charge on any atom is -0.493 e. The van der Waals surface area contributed by atoms with Crippen LogP contribution in [-0.2, 0) is 9.59 Å². The topological polar surface area (TPSA) is 66.8 Å². The first-order valence-electron chi connectivity index (χ1n) is 7.06. The maximum atomic E-state index is 11.6. The van der Waals surface area contributed by atoms with Crippen LogP contribution in [-0.4, -0.2) is 42.1 Å². The lowest BCUT2D eigenvalue weighted by atomic mass is 10.1. The van der Waals surface area contributed by atoms with Crippen LogP contribution < -0.4 is 4.74 Å². The summed E-state index contributed by atoms with van der Waals surface area (Å²) in [5, 5.41) is 8.60. The molecule has 0 saturated heterocycles. The Hall–Kier alpha value is -2.04. The highest BCUT2D eigenvalue weighted by atomic mass is 16.5. The zero-order valence-corrected chi connectivity index (χ0v) is 12.9. The van der Waals surface area contributed by atoms with E-state index in [2.05, 4.69) is 0 Å². The molecule has 21 heavy (non-hydrogen) atoms. The third-order valence-corrected chi connectivity index (χ3v) is 3.18. The standard InChI is InChI=1S/C16H23NO4/c1-12-7-8-13(2)14(10-12)21-9-5-4-6-15(18)17(3)11-16(19)20/h7-8,10H,4-6,9,11H2,1-3H3,(H,19,20). The molecule has 5 nitrogen and oxygen atoms in total. The van der Waals surface area contributed by atoms with E-state index in [1.807, 2.05) is 32.0 Å². The number of aliphatic carboxylic acids is 1. The molecule has 5 heteroatoms. The van der Waals surface area contributed by atoms with E-state index in [-0.39, 0.29) is 12.5 Å². The molecule has 0 radical (unpaired) electrons. The monoisotopic (exact) mass is 293 g/mol. The Bertz CT molecular complexity index is 499. The normalized spacial score (nSPS) is 10.2. The third-order valence-electron chi connectivity index (χ3n) is 3.18. The molecule has 116 valence electrons. The number of rotatable bonds is 8. The molecule has 0 unspecified atom stereocenters. The summed E-state index contributed by atoms with van der Waals surface area (Å²) in [6, 6.07) is 6.06. The summed E-state index contributed by atoms with van der Waals surface area (Å²) in [5.74, 6) is -0.266. The fourth-order valence-electron chi connectivity index (χ4n) is 1.91. The Morgan fingerprint density at radius 3 is 2.62 bits per heavy atom. The van der Waals surface area contributed by atoms with Gasteiger partial charge in [0, 0.05) is 13.5 Å². The van der Waals surface area contributed by atoms with Gasteiger partial charge in [0.1, 0.15) is 12.3 Å². The Morgan fingerprint density at radius 2 is 1.95 bits per heavy atom. The number of carbonyl (C=O) groups is 2. The molecular formula is C16H23NO4. The van der Waals surface area contributed by atoms with Gasteiger partial charge in [0.15, 0.2) is 0 Å². The number of likely N-dealkylation sites (N-methyl/N-ethyl adjacent to an activating group) is 1. The van der Waals surface area contributed by atoms with Crippen LogP contribution in [0.1, 0.15) is 30.4 Å². The second-order valence-electron chi connectivity index (χ2n) is 5.22. The summed E-state index contributed by atoms with van der Waals surface area (Å²) in [6.45, 7) is 4.32. The number of aryl methyl sites for hydroxylation is 2. The van der Waals surface area contributed by atoms with Crippen LogP contribution >= 0.6 is 0 Å². The molecule has 1 amide bonds. The first kappa shape index (κ1) is 17.0. The molecule has 0 aromatic heterocycles. The summed E-state index contributed by atoms with van der Waals surface area (Å²) in [6.07, 6.45) is 1.80. The number of carboxylic acids is 1. The molecule has 1 N–H and O–H groups in total. The fourth-order valence-corrected chi connectivity index (χ4v) is 1.91. The van der Waals surface area contributed by atoms with Crippen molar-refractivity contribution < 1.29 is 19.4 Å². The average Bonchev–Trinajstić information content (AvgIpc) is 2.41. The maximum absolute atomic E-state index is 11.6. The van der Waals surface area contributed by atoms with Gasteiger partial charge in [-0.3, -0.25) is 9.59 Å². The van der Waals surface area contributed by atoms with Gasteiger partial charge in [0.2, 0.25) is 5.91 Å². The lowest BCUT2D eigenvalue weighted by molar-refractivity contribution is -0.143. The zero-order chi connectivity index (χ0) is 15.8. The van der Waals surface area contributed by atoms with Gasteiger partial charge in [0.25, 0.3) is 0 Å². The van der Waals surface area contributed by atoms with Crippen molar-refractivity contribution in [2.45, 2.75) is 33.1 Å². The average molecular weight is 293 g/mol. The molecule has 0 atom stereocenters. The van der Waals surface area contributed by atoms with E-state index >= 15 is 0 Å². The van der Waals surface area contributed by atoms with Crippen LogP contribution in [0.3, 0.4) is 0 Å².